The molecule has 8 heteroatoms. The van der Waals surface area contributed by atoms with E-state index in [4.69, 9.17) is 21.9 Å². The van der Waals surface area contributed by atoms with Crippen LogP contribution in [0.15, 0.2) is 91.3 Å². The maximum Gasteiger partial charge on any atom is 0.194 e. The van der Waals surface area contributed by atoms with Gasteiger partial charge in [-0.1, -0.05) is 35.6 Å². The first-order valence-electron chi connectivity index (χ1n) is 10.9. The third-order valence-corrected chi connectivity index (χ3v) is 7.35. The molecule has 6 rings (SSSR count). The fraction of sp³-hybridized carbons (Fsp3) is 0.115. The van der Waals surface area contributed by atoms with Gasteiger partial charge in [-0.3, -0.25) is 9.55 Å². The number of para-hydroxylation sites is 1. The molecule has 3 aromatic heterocycles. The summed E-state index contributed by atoms with van der Waals surface area (Å²) >= 11 is 7.54. The van der Waals surface area contributed by atoms with Crippen LogP contribution in [0.2, 0.25) is 0 Å². The molecule has 0 spiro atoms. The zero-order chi connectivity index (χ0) is 23.1. The van der Waals surface area contributed by atoms with Crippen molar-refractivity contribution >= 4 is 44.6 Å². The normalized spacial score (nSPS) is 17.8. The predicted molar refractivity (Wildman–Crippen MR) is 140 cm³/mol. The Morgan fingerprint density at radius 1 is 1.00 bits per heavy atom. The Hall–Kier alpha value is -3.75. The summed E-state index contributed by atoms with van der Waals surface area (Å²) < 4.78 is 8.81. The zero-order valence-electron chi connectivity index (χ0n) is 18.3. The van der Waals surface area contributed by atoms with Crippen LogP contribution in [0.4, 0.5) is 5.69 Å². The fourth-order valence-corrected chi connectivity index (χ4v) is 5.78. The monoisotopic (exact) mass is 483 g/mol. The highest BCUT2D eigenvalue weighted by Gasteiger charge is 2.42. The van der Waals surface area contributed by atoms with Crippen LogP contribution in [0.5, 0.6) is 5.75 Å². The average molecular weight is 484 g/mol. The van der Waals surface area contributed by atoms with Crippen molar-refractivity contribution in [1.29, 1.82) is 0 Å². The number of pyridine rings is 1. The lowest BCUT2D eigenvalue weighted by atomic mass is 10.0. The van der Waals surface area contributed by atoms with E-state index in [0.717, 1.165) is 38.2 Å². The molecule has 2 aromatic carbocycles. The zero-order valence-corrected chi connectivity index (χ0v) is 20.0. The van der Waals surface area contributed by atoms with E-state index in [0.29, 0.717) is 5.11 Å². The molecular weight excluding hydrogens is 462 g/mol. The van der Waals surface area contributed by atoms with Gasteiger partial charge >= 0.3 is 0 Å². The molecule has 1 aliphatic rings. The maximum absolute atomic E-state index is 5.87. The summed E-state index contributed by atoms with van der Waals surface area (Å²) in [7, 11) is 1.67. The van der Waals surface area contributed by atoms with Crippen LogP contribution in [0, 0.1) is 0 Å². The molecule has 0 bridgehead atoms. The van der Waals surface area contributed by atoms with Crippen LogP contribution in [0.3, 0.4) is 0 Å². The van der Waals surface area contributed by atoms with Gasteiger partial charge in [-0.2, -0.15) is 0 Å². The van der Waals surface area contributed by atoms with Gasteiger partial charge < -0.3 is 15.0 Å². The van der Waals surface area contributed by atoms with Gasteiger partial charge in [0.1, 0.15) is 11.8 Å². The Labute approximate surface area is 206 Å². The maximum atomic E-state index is 5.87. The second kappa shape index (κ2) is 8.55. The van der Waals surface area contributed by atoms with Gasteiger partial charge in [0.15, 0.2) is 10.2 Å². The van der Waals surface area contributed by atoms with Crippen molar-refractivity contribution in [2.45, 2.75) is 12.1 Å². The molecule has 2 unspecified atom stereocenters. The Kier molecular flexibility index (Phi) is 5.24. The first kappa shape index (κ1) is 20.8. The van der Waals surface area contributed by atoms with E-state index in [2.05, 4.69) is 50.2 Å². The highest BCUT2D eigenvalue weighted by atomic mass is 32.1. The van der Waals surface area contributed by atoms with Crippen LogP contribution in [-0.4, -0.2) is 26.8 Å². The van der Waals surface area contributed by atoms with Crippen molar-refractivity contribution in [3.05, 3.63) is 103 Å². The van der Waals surface area contributed by atoms with Gasteiger partial charge in [0.2, 0.25) is 0 Å². The molecule has 0 amide bonds. The average Bonchev–Trinajstić information content (AvgIpc) is 3.60. The van der Waals surface area contributed by atoms with Crippen LogP contribution in [-0.2, 0) is 0 Å². The number of anilines is 1. The molecule has 0 saturated carbocycles. The molecule has 1 N–H and O–H groups in total. The standard InChI is InChI=1S/C26H21N5OS2/c1-32-18-9-6-8-17(16-18)31-24(23(29-25(31)33)20-11-4-5-14-27-20)21-12-7-15-30(21)26-28-19-10-2-3-13-22(19)34-26/h2-16,23-24H,1H3,(H,29,33). The number of aromatic nitrogens is 3. The molecule has 2 atom stereocenters. The van der Waals surface area contributed by atoms with E-state index >= 15 is 0 Å². The van der Waals surface area contributed by atoms with Crippen LogP contribution >= 0.6 is 23.6 Å². The van der Waals surface area contributed by atoms with Crippen LogP contribution in [0.25, 0.3) is 15.3 Å². The molecule has 1 saturated heterocycles. The largest absolute Gasteiger partial charge is 0.497 e. The van der Waals surface area contributed by atoms with E-state index in [1.807, 2.05) is 60.8 Å². The minimum atomic E-state index is -0.142. The number of methoxy groups -OCH3 is 1. The highest BCUT2D eigenvalue weighted by Crippen LogP contribution is 2.43. The third-order valence-electron chi connectivity index (χ3n) is 6.00. The predicted octanol–water partition coefficient (Wildman–Crippen LogP) is 5.67. The fourth-order valence-electron chi connectivity index (χ4n) is 4.47. The number of benzene rings is 2. The topological polar surface area (TPSA) is 55.2 Å². The smallest absolute Gasteiger partial charge is 0.194 e. The summed E-state index contributed by atoms with van der Waals surface area (Å²) in [6, 6.07) is 26.1. The quantitative estimate of drug-likeness (QED) is 0.325. The number of thiocarbonyl (C=S) groups is 1. The summed E-state index contributed by atoms with van der Waals surface area (Å²) in [6.07, 6.45) is 3.88. The molecule has 1 aliphatic heterocycles. The number of nitrogens with one attached hydrogen (secondary N) is 1. The third kappa shape index (κ3) is 3.52. The molecule has 4 heterocycles. The van der Waals surface area contributed by atoms with E-state index in [9.17, 15) is 0 Å². The van der Waals surface area contributed by atoms with E-state index < -0.39 is 0 Å². The van der Waals surface area contributed by atoms with Gasteiger partial charge in [-0.15, -0.1) is 0 Å². The summed E-state index contributed by atoms with van der Waals surface area (Å²) in [4.78, 5) is 11.7. The molecule has 34 heavy (non-hydrogen) atoms. The number of ether oxygens (including phenoxy) is 1. The van der Waals surface area contributed by atoms with Gasteiger partial charge in [0.05, 0.1) is 34.8 Å². The molecular formula is C26H21N5OS2. The van der Waals surface area contributed by atoms with E-state index in [1.165, 1.54) is 0 Å². The van der Waals surface area contributed by atoms with Crippen molar-refractivity contribution in [2.24, 2.45) is 0 Å². The SMILES string of the molecule is COc1cccc(N2C(=S)NC(c3ccccn3)C2c2cccn2-c2nc3ccccc3s2)c1. The second-order valence-corrected chi connectivity index (χ2v) is 9.36. The van der Waals surface area contributed by atoms with Crippen molar-refractivity contribution < 1.29 is 4.74 Å². The molecule has 6 nitrogen and oxygen atoms in total. The molecule has 0 radical (unpaired) electrons. The second-order valence-electron chi connectivity index (χ2n) is 7.97. The van der Waals surface area contributed by atoms with Gasteiger partial charge in [0.25, 0.3) is 0 Å². The number of hydrogen-bond acceptors (Lipinski definition) is 5. The lowest BCUT2D eigenvalue weighted by Crippen LogP contribution is -2.30. The summed E-state index contributed by atoms with van der Waals surface area (Å²) in [5, 5.41) is 5.09. The molecule has 5 aromatic rings. The minimum Gasteiger partial charge on any atom is -0.497 e. The van der Waals surface area contributed by atoms with Crippen LogP contribution in [0.1, 0.15) is 23.5 Å². The first-order valence-corrected chi connectivity index (χ1v) is 12.1. The van der Waals surface area contributed by atoms with Gasteiger partial charge in [-0.25, -0.2) is 4.98 Å². The van der Waals surface area contributed by atoms with Crippen LogP contribution < -0.4 is 15.0 Å². The first-order chi connectivity index (χ1) is 16.7. The highest BCUT2D eigenvalue weighted by molar-refractivity contribution is 7.80. The Morgan fingerprint density at radius 3 is 2.71 bits per heavy atom. The summed E-state index contributed by atoms with van der Waals surface area (Å²) in [5.74, 6) is 0.780. The lowest BCUT2D eigenvalue weighted by molar-refractivity contribution is 0.414. The number of hydrogen-bond donors (Lipinski definition) is 1. The molecule has 0 aliphatic carbocycles. The number of thiazole rings is 1. The molecule has 1 fully saturated rings. The summed E-state index contributed by atoms with van der Waals surface area (Å²) in [6.45, 7) is 0. The van der Waals surface area contributed by atoms with E-state index in [-0.39, 0.29) is 12.1 Å². The van der Waals surface area contributed by atoms with Crippen molar-refractivity contribution in [2.75, 3.05) is 12.0 Å². The van der Waals surface area contributed by atoms with Crippen molar-refractivity contribution in [3.63, 3.8) is 0 Å². The molecule has 168 valence electrons. The minimum absolute atomic E-state index is 0.136. The van der Waals surface area contributed by atoms with Crippen molar-refractivity contribution in [1.82, 2.24) is 19.9 Å². The Balaban J connectivity index is 1.52. The van der Waals surface area contributed by atoms with Gasteiger partial charge in [-0.05, 0) is 60.7 Å². The number of rotatable bonds is 5. The number of fused-ring (bicyclic) bond motifs is 1. The number of nitrogens with zero attached hydrogens (tertiary/aromatic N) is 4. The Bertz CT molecular complexity index is 1450. The summed E-state index contributed by atoms with van der Waals surface area (Å²) in [5.41, 5.74) is 3.95. The van der Waals surface area contributed by atoms with Crippen molar-refractivity contribution in [3.8, 4) is 10.9 Å². The van der Waals surface area contributed by atoms with Gasteiger partial charge in [0, 0.05) is 24.1 Å². The lowest BCUT2D eigenvalue weighted by Gasteiger charge is -2.28. The Morgan fingerprint density at radius 2 is 1.88 bits per heavy atom. The van der Waals surface area contributed by atoms with E-state index in [1.54, 1.807) is 18.4 Å².